The Balaban J connectivity index is 2.03. The minimum atomic E-state index is -4.35. The first-order valence-corrected chi connectivity index (χ1v) is 6.92. The fourth-order valence-corrected chi connectivity index (χ4v) is 2.35. The van der Waals surface area contributed by atoms with E-state index in [2.05, 4.69) is 0 Å². The van der Waals surface area contributed by atoms with Gasteiger partial charge in [0.15, 0.2) is 0 Å². The van der Waals surface area contributed by atoms with Gasteiger partial charge in [-0.1, -0.05) is 6.07 Å². The van der Waals surface area contributed by atoms with Gasteiger partial charge >= 0.3 is 6.18 Å². The number of anilines is 1. The molecule has 2 N–H and O–H groups in total. The van der Waals surface area contributed by atoms with Gasteiger partial charge in [0.25, 0.3) is 0 Å². The van der Waals surface area contributed by atoms with Crippen molar-refractivity contribution in [3.63, 3.8) is 0 Å². The second-order valence-corrected chi connectivity index (χ2v) is 5.25. The maximum Gasteiger partial charge on any atom is 0.416 e. The normalized spacial score (nSPS) is 16.8. The molecule has 1 amide bonds. The van der Waals surface area contributed by atoms with Crippen LogP contribution in [0.4, 0.5) is 18.9 Å². The molecule has 0 bridgehead atoms. The lowest BCUT2D eigenvalue weighted by Crippen LogP contribution is -2.48. The maximum absolute atomic E-state index is 12.7. The molecule has 4 nitrogen and oxygen atoms in total. The van der Waals surface area contributed by atoms with E-state index in [9.17, 15) is 18.0 Å². The van der Waals surface area contributed by atoms with Crippen molar-refractivity contribution in [1.29, 1.82) is 0 Å². The molecule has 1 aromatic rings. The van der Waals surface area contributed by atoms with Gasteiger partial charge in [-0.05, 0) is 25.1 Å². The van der Waals surface area contributed by atoms with Crippen molar-refractivity contribution in [2.75, 3.05) is 31.1 Å². The average molecular weight is 313 g/mol. The fraction of sp³-hybridized carbons (Fsp3) is 0.400. The average Bonchev–Trinajstić information content (AvgIpc) is 2.46. The molecule has 0 aromatic heterocycles. The highest BCUT2D eigenvalue weighted by molar-refractivity contribution is 5.88. The summed E-state index contributed by atoms with van der Waals surface area (Å²) < 4.78 is 38.2. The topological polar surface area (TPSA) is 49.6 Å². The Morgan fingerprint density at radius 1 is 1.23 bits per heavy atom. The number of nitrogens with two attached hydrogens (primary N) is 1. The lowest BCUT2D eigenvalue weighted by atomic mass is 10.1. The van der Waals surface area contributed by atoms with Gasteiger partial charge < -0.3 is 15.5 Å². The molecule has 0 aliphatic carbocycles. The number of hydrogen-bond acceptors (Lipinski definition) is 3. The zero-order valence-electron chi connectivity index (χ0n) is 12.2. The largest absolute Gasteiger partial charge is 0.416 e. The van der Waals surface area contributed by atoms with Crippen LogP contribution in [0, 0.1) is 0 Å². The third-order valence-electron chi connectivity index (χ3n) is 3.48. The molecule has 1 saturated heterocycles. The van der Waals surface area contributed by atoms with Crippen molar-refractivity contribution in [2.45, 2.75) is 13.1 Å². The maximum atomic E-state index is 12.7. The smallest absolute Gasteiger partial charge is 0.402 e. The van der Waals surface area contributed by atoms with Crippen LogP contribution in [0.5, 0.6) is 0 Å². The van der Waals surface area contributed by atoms with Crippen molar-refractivity contribution in [2.24, 2.45) is 5.73 Å². The molecule has 2 rings (SSSR count). The number of benzene rings is 1. The van der Waals surface area contributed by atoms with Crippen LogP contribution < -0.4 is 10.6 Å². The lowest BCUT2D eigenvalue weighted by Gasteiger charge is -2.36. The van der Waals surface area contributed by atoms with Gasteiger partial charge in [-0.25, -0.2) is 0 Å². The van der Waals surface area contributed by atoms with Crippen molar-refractivity contribution in [3.05, 3.63) is 41.6 Å². The first-order valence-electron chi connectivity index (χ1n) is 6.92. The van der Waals surface area contributed by atoms with E-state index in [1.807, 2.05) is 4.90 Å². The SMILES string of the molecule is C/C(N)=C/C(=O)N1CCN(c2cccc(C(F)(F)F)c2)CC1. The highest BCUT2D eigenvalue weighted by Crippen LogP contribution is 2.31. The number of rotatable bonds is 2. The van der Waals surface area contributed by atoms with Gasteiger partial charge in [0, 0.05) is 43.6 Å². The molecule has 7 heteroatoms. The Kier molecular flexibility index (Phi) is 4.63. The summed E-state index contributed by atoms with van der Waals surface area (Å²) in [7, 11) is 0. The van der Waals surface area contributed by atoms with Gasteiger partial charge in [0.2, 0.25) is 5.91 Å². The number of nitrogens with zero attached hydrogens (tertiary/aromatic N) is 2. The third kappa shape index (κ3) is 3.93. The predicted octanol–water partition coefficient (Wildman–Crippen LogP) is 2.22. The summed E-state index contributed by atoms with van der Waals surface area (Å²) in [6.07, 6.45) is -2.99. The molecule has 1 aromatic carbocycles. The van der Waals surface area contributed by atoms with Gasteiger partial charge in [0.1, 0.15) is 0 Å². The van der Waals surface area contributed by atoms with Crippen molar-refractivity contribution >= 4 is 11.6 Å². The molecule has 120 valence electrons. The number of hydrogen-bond donors (Lipinski definition) is 1. The zero-order valence-corrected chi connectivity index (χ0v) is 12.2. The van der Waals surface area contributed by atoms with Gasteiger partial charge in [0.05, 0.1) is 5.56 Å². The van der Waals surface area contributed by atoms with Crippen molar-refractivity contribution in [1.82, 2.24) is 4.90 Å². The van der Waals surface area contributed by atoms with E-state index in [1.54, 1.807) is 17.9 Å². The Hall–Kier alpha value is -2.18. The van der Waals surface area contributed by atoms with E-state index < -0.39 is 11.7 Å². The van der Waals surface area contributed by atoms with Gasteiger partial charge in [-0.15, -0.1) is 0 Å². The first kappa shape index (κ1) is 16.2. The van der Waals surface area contributed by atoms with E-state index in [4.69, 9.17) is 5.73 Å². The van der Waals surface area contributed by atoms with E-state index in [-0.39, 0.29) is 5.91 Å². The molecule has 1 heterocycles. The summed E-state index contributed by atoms with van der Waals surface area (Å²) in [5.41, 5.74) is 5.77. The number of carbonyl (C=O) groups is 1. The molecule has 0 unspecified atom stereocenters. The molecule has 0 saturated carbocycles. The zero-order chi connectivity index (χ0) is 16.3. The Labute approximate surface area is 127 Å². The second-order valence-electron chi connectivity index (χ2n) is 5.25. The van der Waals surface area contributed by atoms with E-state index in [0.29, 0.717) is 37.6 Å². The molecular formula is C15H18F3N3O. The second kappa shape index (κ2) is 6.29. The number of alkyl halides is 3. The Bertz CT molecular complexity index is 572. The van der Waals surface area contributed by atoms with Gasteiger partial charge in [-0.2, -0.15) is 13.2 Å². The number of carbonyl (C=O) groups excluding carboxylic acids is 1. The van der Waals surface area contributed by atoms with Crippen LogP contribution in [0.1, 0.15) is 12.5 Å². The highest BCUT2D eigenvalue weighted by atomic mass is 19.4. The van der Waals surface area contributed by atoms with Crippen LogP contribution in [0.3, 0.4) is 0 Å². The van der Waals surface area contributed by atoms with E-state index in [0.717, 1.165) is 12.1 Å². The monoisotopic (exact) mass is 313 g/mol. The molecule has 1 aliphatic rings. The number of allylic oxidation sites excluding steroid dienone is 1. The molecule has 0 spiro atoms. The molecule has 0 atom stereocenters. The van der Waals surface area contributed by atoms with Crippen LogP contribution in [-0.4, -0.2) is 37.0 Å². The Morgan fingerprint density at radius 3 is 2.41 bits per heavy atom. The van der Waals surface area contributed by atoms with Crippen LogP contribution in [0.15, 0.2) is 36.0 Å². The van der Waals surface area contributed by atoms with Crippen LogP contribution in [-0.2, 0) is 11.0 Å². The van der Waals surface area contributed by atoms with E-state index in [1.165, 1.54) is 12.1 Å². The minimum absolute atomic E-state index is 0.163. The summed E-state index contributed by atoms with van der Waals surface area (Å²) in [5.74, 6) is -0.163. The molecule has 0 radical (unpaired) electrons. The number of halogens is 3. The molecular weight excluding hydrogens is 295 g/mol. The fourth-order valence-electron chi connectivity index (χ4n) is 2.35. The third-order valence-corrected chi connectivity index (χ3v) is 3.48. The van der Waals surface area contributed by atoms with Crippen molar-refractivity contribution in [3.8, 4) is 0 Å². The first-order chi connectivity index (χ1) is 10.3. The number of amides is 1. The molecule has 1 aliphatic heterocycles. The predicted molar refractivity (Wildman–Crippen MR) is 78.2 cm³/mol. The molecule has 1 fully saturated rings. The molecule has 22 heavy (non-hydrogen) atoms. The van der Waals surface area contributed by atoms with E-state index >= 15 is 0 Å². The van der Waals surface area contributed by atoms with Crippen molar-refractivity contribution < 1.29 is 18.0 Å². The van der Waals surface area contributed by atoms with Crippen LogP contribution in [0.25, 0.3) is 0 Å². The Morgan fingerprint density at radius 2 is 1.86 bits per heavy atom. The van der Waals surface area contributed by atoms with Gasteiger partial charge in [-0.3, -0.25) is 4.79 Å². The number of piperazine rings is 1. The summed E-state index contributed by atoms with van der Waals surface area (Å²) in [6.45, 7) is 3.53. The highest BCUT2D eigenvalue weighted by Gasteiger charge is 2.31. The summed E-state index contributed by atoms with van der Waals surface area (Å²) in [5, 5.41) is 0. The summed E-state index contributed by atoms with van der Waals surface area (Å²) in [4.78, 5) is 15.3. The summed E-state index contributed by atoms with van der Waals surface area (Å²) in [6, 6.07) is 5.24. The quantitative estimate of drug-likeness (QED) is 0.852. The van der Waals surface area contributed by atoms with Crippen LogP contribution >= 0.6 is 0 Å². The van der Waals surface area contributed by atoms with Crippen LogP contribution in [0.2, 0.25) is 0 Å². The standard InChI is InChI=1S/C15H18F3N3O/c1-11(19)9-14(22)21-7-5-20(6-8-21)13-4-2-3-12(10-13)15(16,17)18/h2-4,9-10H,5-8,19H2,1H3/b11-9-. The lowest BCUT2D eigenvalue weighted by molar-refractivity contribution is -0.137. The minimum Gasteiger partial charge on any atom is -0.402 e. The summed E-state index contributed by atoms with van der Waals surface area (Å²) >= 11 is 0.